The summed E-state index contributed by atoms with van der Waals surface area (Å²) in [6, 6.07) is 2.56. The lowest BCUT2D eigenvalue weighted by Gasteiger charge is -2.29. The summed E-state index contributed by atoms with van der Waals surface area (Å²) in [5, 5.41) is 11.8. The summed E-state index contributed by atoms with van der Waals surface area (Å²) in [5.74, 6) is 0.312. The quantitative estimate of drug-likeness (QED) is 0.678. The molecule has 27 heavy (non-hydrogen) atoms. The highest BCUT2D eigenvalue weighted by molar-refractivity contribution is 6.29. The summed E-state index contributed by atoms with van der Waals surface area (Å²) < 4.78 is 0. The molecule has 2 atom stereocenters. The first kappa shape index (κ1) is 19.2. The van der Waals surface area contributed by atoms with Crippen LogP contribution in [0.2, 0.25) is 5.15 Å². The summed E-state index contributed by atoms with van der Waals surface area (Å²) in [6.07, 6.45) is 3.77. The number of halogens is 1. The van der Waals surface area contributed by atoms with Gasteiger partial charge in [0.15, 0.2) is 0 Å². The number of nitrogens with one attached hydrogen (secondary N) is 2. The fraction of sp³-hybridized carbons (Fsp3) is 0.444. The molecule has 1 aliphatic heterocycles. The van der Waals surface area contributed by atoms with Gasteiger partial charge in [0.1, 0.15) is 17.0 Å². The van der Waals surface area contributed by atoms with Crippen LogP contribution in [0.5, 0.6) is 0 Å². The van der Waals surface area contributed by atoms with Gasteiger partial charge in [0.25, 0.3) is 0 Å². The van der Waals surface area contributed by atoms with Crippen LogP contribution in [0.3, 0.4) is 0 Å². The van der Waals surface area contributed by atoms with Crippen molar-refractivity contribution in [2.45, 2.75) is 38.8 Å². The minimum absolute atomic E-state index is 0.151. The van der Waals surface area contributed by atoms with Gasteiger partial charge < -0.3 is 20.3 Å². The average Bonchev–Trinajstić information content (AvgIpc) is 3.28. The van der Waals surface area contributed by atoms with E-state index in [0.29, 0.717) is 17.5 Å². The molecule has 8 nitrogen and oxygen atoms in total. The fourth-order valence-corrected chi connectivity index (χ4v) is 3.44. The third-order valence-electron chi connectivity index (χ3n) is 4.70. The van der Waals surface area contributed by atoms with Gasteiger partial charge in [-0.15, -0.1) is 0 Å². The molecular weight excluding hydrogens is 370 g/mol. The summed E-state index contributed by atoms with van der Waals surface area (Å²) in [5.41, 5.74) is 1.64. The largest absolute Gasteiger partial charge is 0.465 e. The molecule has 1 aliphatic rings. The van der Waals surface area contributed by atoms with Crippen LogP contribution in [0.4, 0.5) is 4.79 Å². The highest BCUT2D eigenvalue weighted by atomic mass is 35.5. The number of hydrogen-bond donors (Lipinski definition) is 3. The van der Waals surface area contributed by atoms with Crippen molar-refractivity contribution in [2.24, 2.45) is 5.92 Å². The van der Waals surface area contributed by atoms with Crippen LogP contribution >= 0.6 is 11.6 Å². The second kappa shape index (κ2) is 7.96. The first-order valence-corrected chi connectivity index (χ1v) is 9.21. The number of nitrogens with zero attached hydrogens (tertiary/aromatic N) is 3. The summed E-state index contributed by atoms with van der Waals surface area (Å²) in [4.78, 5) is 37.5. The molecule has 2 aromatic rings. The topological polar surface area (TPSA) is 111 Å². The summed E-state index contributed by atoms with van der Waals surface area (Å²) >= 11 is 5.82. The molecule has 0 unspecified atom stereocenters. The molecule has 0 spiro atoms. The van der Waals surface area contributed by atoms with Crippen LogP contribution in [0, 0.1) is 5.92 Å². The molecule has 0 radical (unpaired) electrons. The van der Waals surface area contributed by atoms with Gasteiger partial charge in [0.2, 0.25) is 5.91 Å². The maximum atomic E-state index is 13.0. The van der Waals surface area contributed by atoms with Crippen LogP contribution in [-0.4, -0.2) is 49.5 Å². The van der Waals surface area contributed by atoms with Crippen LogP contribution < -0.4 is 5.32 Å². The van der Waals surface area contributed by atoms with E-state index in [0.717, 1.165) is 24.1 Å². The van der Waals surface area contributed by atoms with Crippen molar-refractivity contribution in [3.63, 3.8) is 0 Å². The maximum Gasteiger partial charge on any atom is 0.405 e. The highest BCUT2D eigenvalue weighted by Crippen LogP contribution is 2.32. The Balaban J connectivity index is 1.81. The Hall–Kier alpha value is -2.61. The van der Waals surface area contributed by atoms with Crippen molar-refractivity contribution in [2.75, 3.05) is 6.54 Å². The molecule has 0 aromatic carbocycles. The lowest BCUT2D eigenvalue weighted by Crippen LogP contribution is -2.50. The van der Waals surface area contributed by atoms with Crippen molar-refractivity contribution in [3.8, 4) is 11.3 Å². The highest BCUT2D eigenvalue weighted by Gasteiger charge is 2.37. The van der Waals surface area contributed by atoms with Gasteiger partial charge in [-0.25, -0.2) is 14.8 Å². The zero-order valence-corrected chi connectivity index (χ0v) is 15.9. The number of pyridine rings is 1. The third kappa shape index (κ3) is 4.21. The molecule has 3 rings (SSSR count). The number of carboxylic acid groups (broad SMARTS) is 1. The third-order valence-corrected chi connectivity index (χ3v) is 4.92. The number of likely N-dealkylation sites (tertiary alicyclic amines) is 1. The normalized spacial score (nSPS) is 17.9. The molecule has 9 heteroatoms. The molecule has 144 valence electrons. The van der Waals surface area contributed by atoms with E-state index in [1.807, 2.05) is 19.9 Å². The lowest BCUT2D eigenvalue weighted by atomic mass is 10.0. The second-order valence-corrected chi connectivity index (χ2v) is 7.30. The number of carbonyl (C=O) groups excluding carboxylic acids is 1. The molecule has 3 N–H and O–H groups in total. The molecule has 3 heterocycles. The van der Waals surface area contributed by atoms with Crippen molar-refractivity contribution in [1.29, 1.82) is 0 Å². The van der Waals surface area contributed by atoms with E-state index < -0.39 is 12.1 Å². The lowest BCUT2D eigenvalue weighted by molar-refractivity contribution is -0.135. The number of imidazole rings is 1. The van der Waals surface area contributed by atoms with Gasteiger partial charge in [-0.3, -0.25) is 4.79 Å². The van der Waals surface area contributed by atoms with Crippen LogP contribution in [0.1, 0.15) is 38.6 Å². The average molecular weight is 392 g/mol. The maximum absolute atomic E-state index is 13.0. The van der Waals surface area contributed by atoms with E-state index in [1.165, 1.54) is 0 Å². The molecule has 2 amide bonds. The standard InChI is InChI=1S/C18H22ClN5O3/c1-10(2)15(23-18(26)27)17(25)24-7-3-4-13(24)16-21-9-12(22-16)11-5-6-14(19)20-8-11/h5-6,8-10,13,15,23H,3-4,7H2,1-2H3,(H,21,22)(H,26,27)/t13-,15-/m0/s1. The van der Waals surface area contributed by atoms with E-state index in [4.69, 9.17) is 16.7 Å². The first-order chi connectivity index (χ1) is 12.9. The van der Waals surface area contributed by atoms with Gasteiger partial charge in [-0.2, -0.15) is 0 Å². The van der Waals surface area contributed by atoms with E-state index in [9.17, 15) is 9.59 Å². The van der Waals surface area contributed by atoms with Crippen molar-refractivity contribution in [3.05, 3.63) is 35.5 Å². The van der Waals surface area contributed by atoms with E-state index in [1.54, 1.807) is 23.4 Å². The second-order valence-electron chi connectivity index (χ2n) is 6.91. The van der Waals surface area contributed by atoms with Gasteiger partial charge >= 0.3 is 6.09 Å². The van der Waals surface area contributed by atoms with Crippen LogP contribution in [0.15, 0.2) is 24.5 Å². The number of hydrogen-bond acceptors (Lipinski definition) is 4. The Morgan fingerprint density at radius 2 is 2.11 bits per heavy atom. The van der Waals surface area contributed by atoms with E-state index in [2.05, 4.69) is 20.3 Å². The Morgan fingerprint density at radius 3 is 2.74 bits per heavy atom. The molecule has 0 saturated carbocycles. The summed E-state index contributed by atoms with van der Waals surface area (Å²) in [7, 11) is 0. The first-order valence-electron chi connectivity index (χ1n) is 8.83. The zero-order valence-electron chi connectivity index (χ0n) is 15.1. The predicted octanol–water partition coefficient (Wildman–Crippen LogP) is 3.08. The smallest absolute Gasteiger partial charge is 0.405 e. The number of amides is 2. The Labute approximate surface area is 162 Å². The molecule has 2 aromatic heterocycles. The van der Waals surface area contributed by atoms with Gasteiger partial charge in [-0.1, -0.05) is 25.4 Å². The van der Waals surface area contributed by atoms with Crippen LogP contribution in [0.25, 0.3) is 11.3 Å². The molecular formula is C18H22ClN5O3. The molecule has 0 aliphatic carbocycles. The van der Waals surface area contributed by atoms with Crippen molar-refractivity contribution >= 4 is 23.6 Å². The number of H-pyrrole nitrogens is 1. The summed E-state index contributed by atoms with van der Waals surface area (Å²) in [6.45, 7) is 4.22. The molecule has 1 saturated heterocycles. The molecule has 0 bridgehead atoms. The van der Waals surface area contributed by atoms with Gasteiger partial charge in [0.05, 0.1) is 17.9 Å². The van der Waals surface area contributed by atoms with Gasteiger partial charge in [0, 0.05) is 18.3 Å². The van der Waals surface area contributed by atoms with Gasteiger partial charge in [-0.05, 0) is 30.9 Å². The minimum Gasteiger partial charge on any atom is -0.465 e. The monoisotopic (exact) mass is 391 g/mol. The Morgan fingerprint density at radius 1 is 1.33 bits per heavy atom. The fourth-order valence-electron chi connectivity index (χ4n) is 3.33. The van der Waals surface area contributed by atoms with E-state index >= 15 is 0 Å². The minimum atomic E-state index is -1.20. The Kier molecular flexibility index (Phi) is 5.65. The number of aromatic amines is 1. The van der Waals surface area contributed by atoms with E-state index in [-0.39, 0.29) is 17.9 Å². The molecule has 1 fully saturated rings. The zero-order chi connectivity index (χ0) is 19.6. The van der Waals surface area contributed by atoms with Crippen LogP contribution in [-0.2, 0) is 4.79 Å². The number of aromatic nitrogens is 3. The van der Waals surface area contributed by atoms with Crippen molar-refractivity contribution < 1.29 is 14.7 Å². The number of carbonyl (C=O) groups is 2. The van der Waals surface area contributed by atoms with Crippen molar-refractivity contribution in [1.82, 2.24) is 25.2 Å². The Bertz CT molecular complexity index is 821. The predicted molar refractivity (Wildman–Crippen MR) is 100 cm³/mol. The number of rotatable bonds is 5. The SMILES string of the molecule is CC(C)[C@H](NC(=O)O)C(=O)N1CCC[C@H]1c1ncc(-c2ccc(Cl)nc2)[nH]1.